The van der Waals surface area contributed by atoms with E-state index in [2.05, 4.69) is 31.3 Å². The van der Waals surface area contributed by atoms with E-state index in [0.717, 1.165) is 40.8 Å². The zero-order valence-corrected chi connectivity index (χ0v) is 17.0. The van der Waals surface area contributed by atoms with Gasteiger partial charge in [0.05, 0.1) is 28.5 Å². The van der Waals surface area contributed by atoms with Gasteiger partial charge in [0.15, 0.2) is 5.65 Å². The summed E-state index contributed by atoms with van der Waals surface area (Å²) in [5.74, 6) is 0.174. The molecule has 0 saturated carbocycles. The minimum absolute atomic E-state index is 0.299. The van der Waals surface area contributed by atoms with Crippen molar-refractivity contribution < 1.29 is 9.13 Å². The molecular weight excluding hydrogens is 439 g/mol. The van der Waals surface area contributed by atoms with Crippen LogP contribution < -0.4 is 11.1 Å². The highest BCUT2D eigenvalue weighted by Gasteiger charge is 2.19. The van der Waals surface area contributed by atoms with Crippen LogP contribution in [0, 0.1) is 5.82 Å². The summed E-state index contributed by atoms with van der Waals surface area (Å²) < 4.78 is 21.4. The van der Waals surface area contributed by atoms with Crippen LogP contribution in [0.2, 0.25) is 0 Å². The number of aromatic nitrogens is 4. The highest BCUT2D eigenvalue weighted by molar-refractivity contribution is 9.10. The molecule has 1 aliphatic heterocycles. The molecule has 4 heterocycles. The average molecular weight is 457 g/mol. The van der Waals surface area contributed by atoms with E-state index in [1.807, 2.05) is 6.07 Å². The van der Waals surface area contributed by atoms with Gasteiger partial charge < -0.3 is 15.8 Å². The Labute approximate surface area is 174 Å². The van der Waals surface area contributed by atoms with Crippen LogP contribution in [0.15, 0.2) is 41.1 Å². The molecule has 1 aromatic carbocycles. The van der Waals surface area contributed by atoms with E-state index in [4.69, 9.17) is 15.5 Å². The van der Waals surface area contributed by atoms with Crippen molar-refractivity contribution >= 4 is 38.3 Å². The normalized spacial score (nSPS) is 16.8. The van der Waals surface area contributed by atoms with Gasteiger partial charge in [0.2, 0.25) is 0 Å². The first-order valence-electron chi connectivity index (χ1n) is 9.28. The Balaban J connectivity index is 1.57. The molecular formula is C20H18BrFN6O. The van der Waals surface area contributed by atoms with Gasteiger partial charge in [0.1, 0.15) is 11.6 Å². The Hall–Kier alpha value is -2.62. The summed E-state index contributed by atoms with van der Waals surface area (Å²) in [6.45, 7) is 2.03. The monoisotopic (exact) mass is 456 g/mol. The smallest absolute Gasteiger partial charge is 0.165 e. The molecule has 3 N–H and O–H groups in total. The number of nitrogens with one attached hydrogen (secondary N) is 1. The zero-order valence-electron chi connectivity index (χ0n) is 15.4. The molecule has 7 nitrogen and oxygen atoms in total. The van der Waals surface area contributed by atoms with Crippen LogP contribution >= 0.6 is 15.9 Å². The summed E-state index contributed by atoms with van der Waals surface area (Å²) in [6, 6.07) is 6.73. The fourth-order valence-electron chi connectivity index (χ4n) is 3.55. The number of hydrogen-bond acceptors (Lipinski definition) is 6. The van der Waals surface area contributed by atoms with Crippen molar-refractivity contribution in [1.29, 1.82) is 0 Å². The third kappa shape index (κ3) is 3.35. The van der Waals surface area contributed by atoms with E-state index >= 15 is 0 Å². The molecule has 0 aliphatic carbocycles. The number of hydrogen-bond donors (Lipinski definition) is 2. The van der Waals surface area contributed by atoms with Gasteiger partial charge in [-0.15, -0.1) is 0 Å². The molecule has 1 unspecified atom stereocenters. The average Bonchev–Trinajstić information content (AvgIpc) is 3.39. The fourth-order valence-corrected chi connectivity index (χ4v) is 3.95. The molecule has 148 valence electrons. The van der Waals surface area contributed by atoms with Crippen LogP contribution in [0.4, 0.5) is 10.2 Å². The molecule has 0 bridgehead atoms. The highest BCUT2D eigenvalue weighted by Crippen LogP contribution is 2.31. The van der Waals surface area contributed by atoms with E-state index in [1.165, 1.54) is 12.1 Å². The van der Waals surface area contributed by atoms with Gasteiger partial charge in [-0.3, -0.25) is 4.98 Å². The Morgan fingerprint density at radius 1 is 1.31 bits per heavy atom. The van der Waals surface area contributed by atoms with Gasteiger partial charge in [-0.2, -0.15) is 9.61 Å². The lowest BCUT2D eigenvalue weighted by Crippen LogP contribution is -2.29. The Kier molecular flexibility index (Phi) is 4.65. The minimum atomic E-state index is -0.299. The van der Waals surface area contributed by atoms with Crippen LogP contribution in [0.25, 0.3) is 27.7 Å². The molecule has 9 heteroatoms. The quantitative estimate of drug-likeness (QED) is 0.489. The van der Waals surface area contributed by atoms with Crippen molar-refractivity contribution in [3.8, 4) is 11.1 Å². The van der Waals surface area contributed by atoms with Crippen LogP contribution in [-0.2, 0) is 11.3 Å². The predicted octanol–water partition coefficient (Wildman–Crippen LogP) is 3.31. The maximum absolute atomic E-state index is 13.6. The lowest BCUT2D eigenvalue weighted by Gasteiger charge is -2.13. The first-order chi connectivity index (χ1) is 14.1. The van der Waals surface area contributed by atoms with Crippen LogP contribution in [0.5, 0.6) is 0 Å². The largest absolute Gasteiger partial charge is 0.383 e. The second-order valence-electron chi connectivity index (χ2n) is 7.05. The number of nitrogens with two attached hydrogens (primary N) is 1. The summed E-state index contributed by atoms with van der Waals surface area (Å²) in [5, 5.41) is 8.56. The number of nitrogens with zero attached hydrogens (tertiary/aromatic N) is 4. The number of nitrogen functional groups attached to an aromatic ring is 1. The Bertz CT molecular complexity index is 1220. The van der Waals surface area contributed by atoms with Crippen LogP contribution in [0.3, 0.4) is 0 Å². The second-order valence-corrected chi connectivity index (χ2v) is 7.85. The topological polar surface area (TPSA) is 90.4 Å². The number of anilines is 1. The number of ether oxygens (including phenoxy) is 1. The van der Waals surface area contributed by atoms with E-state index < -0.39 is 0 Å². The van der Waals surface area contributed by atoms with Gasteiger partial charge in [-0.1, -0.05) is 0 Å². The number of halogens is 2. The maximum atomic E-state index is 13.6. The predicted molar refractivity (Wildman–Crippen MR) is 112 cm³/mol. The SMILES string of the molecule is Nc1c(Br)c(CNC2CCOC2)nc2c(-c3cnc4ccc(F)cc4c3)cnn12. The van der Waals surface area contributed by atoms with E-state index in [1.54, 1.807) is 23.0 Å². The summed E-state index contributed by atoms with van der Waals surface area (Å²) in [5.41, 5.74) is 10.0. The molecule has 29 heavy (non-hydrogen) atoms. The number of pyridine rings is 1. The van der Waals surface area contributed by atoms with Crippen molar-refractivity contribution in [2.75, 3.05) is 18.9 Å². The second kappa shape index (κ2) is 7.33. The molecule has 5 rings (SSSR count). The molecule has 1 atom stereocenters. The third-order valence-electron chi connectivity index (χ3n) is 5.13. The van der Waals surface area contributed by atoms with Crippen molar-refractivity contribution in [2.24, 2.45) is 0 Å². The molecule has 1 saturated heterocycles. The fraction of sp³-hybridized carbons (Fsp3) is 0.250. The summed E-state index contributed by atoms with van der Waals surface area (Å²) in [4.78, 5) is 9.24. The lowest BCUT2D eigenvalue weighted by molar-refractivity contribution is 0.189. The minimum Gasteiger partial charge on any atom is -0.383 e. The van der Waals surface area contributed by atoms with Gasteiger partial charge in [0.25, 0.3) is 0 Å². The summed E-state index contributed by atoms with van der Waals surface area (Å²) in [6.07, 6.45) is 4.42. The number of fused-ring (bicyclic) bond motifs is 2. The molecule has 3 aromatic heterocycles. The van der Waals surface area contributed by atoms with E-state index in [9.17, 15) is 4.39 Å². The summed E-state index contributed by atoms with van der Waals surface area (Å²) in [7, 11) is 0. The lowest BCUT2D eigenvalue weighted by atomic mass is 10.1. The highest BCUT2D eigenvalue weighted by atomic mass is 79.9. The first kappa shape index (κ1) is 18.4. The number of rotatable bonds is 4. The van der Waals surface area contributed by atoms with E-state index in [0.29, 0.717) is 35.1 Å². The van der Waals surface area contributed by atoms with Crippen molar-refractivity contribution in [2.45, 2.75) is 19.0 Å². The standard InChI is InChI=1S/C20H18BrFN6O/c21-18-17(9-24-14-3-4-29-10-14)27-20-15(8-26-28(20)19(18)23)12-5-11-6-13(22)1-2-16(11)25-7-12/h1-2,5-8,14,24H,3-4,9-10,23H2. The third-order valence-corrected chi connectivity index (χ3v) is 6.00. The van der Waals surface area contributed by atoms with Gasteiger partial charge in [0, 0.05) is 41.9 Å². The van der Waals surface area contributed by atoms with E-state index in [-0.39, 0.29) is 5.82 Å². The first-order valence-corrected chi connectivity index (χ1v) is 10.1. The van der Waals surface area contributed by atoms with Crippen LogP contribution in [-0.4, -0.2) is 38.8 Å². The van der Waals surface area contributed by atoms with Gasteiger partial charge in [-0.25, -0.2) is 9.37 Å². The Morgan fingerprint density at radius 2 is 2.21 bits per heavy atom. The maximum Gasteiger partial charge on any atom is 0.165 e. The van der Waals surface area contributed by atoms with Gasteiger partial charge in [-0.05, 0) is 46.6 Å². The molecule has 0 spiro atoms. The zero-order chi connectivity index (χ0) is 20.0. The summed E-state index contributed by atoms with van der Waals surface area (Å²) >= 11 is 3.54. The molecule has 4 aromatic rings. The molecule has 0 radical (unpaired) electrons. The van der Waals surface area contributed by atoms with Crippen molar-refractivity contribution in [1.82, 2.24) is 24.9 Å². The Morgan fingerprint density at radius 3 is 3.03 bits per heavy atom. The molecule has 0 amide bonds. The number of benzene rings is 1. The van der Waals surface area contributed by atoms with Crippen LogP contribution in [0.1, 0.15) is 12.1 Å². The van der Waals surface area contributed by atoms with Crippen molar-refractivity contribution in [3.63, 3.8) is 0 Å². The van der Waals surface area contributed by atoms with Crippen molar-refractivity contribution in [3.05, 3.63) is 52.6 Å². The molecule has 1 aliphatic rings. The molecule has 1 fully saturated rings. The van der Waals surface area contributed by atoms with Gasteiger partial charge >= 0.3 is 0 Å².